The van der Waals surface area contributed by atoms with Crippen molar-refractivity contribution in [2.24, 2.45) is 0 Å². The van der Waals surface area contributed by atoms with E-state index in [0.717, 1.165) is 6.42 Å². The molecule has 3 N–H and O–H groups in total. The van der Waals surface area contributed by atoms with Crippen molar-refractivity contribution in [2.75, 3.05) is 11.9 Å². The Kier molecular flexibility index (Phi) is 5.46. The summed E-state index contributed by atoms with van der Waals surface area (Å²) < 4.78 is 1.29. The van der Waals surface area contributed by atoms with Crippen LogP contribution in [0.5, 0.6) is 0 Å². The van der Waals surface area contributed by atoms with Crippen molar-refractivity contribution in [3.8, 4) is 5.95 Å². The molecule has 128 valence electrons. The lowest BCUT2D eigenvalue weighted by molar-refractivity contribution is -0.136. The van der Waals surface area contributed by atoms with Crippen LogP contribution in [0.2, 0.25) is 0 Å². The van der Waals surface area contributed by atoms with E-state index in [2.05, 4.69) is 25.7 Å². The number of aromatic nitrogens is 4. The number of aromatic amines is 1. The van der Waals surface area contributed by atoms with Gasteiger partial charge in [-0.2, -0.15) is 9.78 Å². The molecule has 2 aromatic heterocycles. The normalized spacial score (nSPS) is 10.5. The molecule has 24 heavy (non-hydrogen) atoms. The number of rotatable bonds is 5. The number of nitrogens with zero attached hydrogens (tertiary/aromatic N) is 3. The van der Waals surface area contributed by atoms with E-state index in [1.807, 2.05) is 13.8 Å². The van der Waals surface area contributed by atoms with Crippen molar-refractivity contribution in [1.82, 2.24) is 25.1 Å². The van der Waals surface area contributed by atoms with Crippen LogP contribution >= 0.6 is 0 Å². The van der Waals surface area contributed by atoms with Crippen molar-refractivity contribution >= 4 is 17.6 Å². The molecular formula is C15H20N6O3. The predicted octanol–water partition coefficient (Wildman–Crippen LogP) is 0.291. The van der Waals surface area contributed by atoms with E-state index in [4.69, 9.17) is 0 Å². The van der Waals surface area contributed by atoms with Crippen molar-refractivity contribution < 1.29 is 9.59 Å². The van der Waals surface area contributed by atoms with Gasteiger partial charge in [0.2, 0.25) is 5.95 Å². The molecule has 0 spiro atoms. The summed E-state index contributed by atoms with van der Waals surface area (Å²) >= 11 is 0. The second kappa shape index (κ2) is 7.53. The molecule has 2 rings (SSSR count). The Bertz CT molecular complexity index is 808. The number of nitrogens with one attached hydrogen (secondary N) is 3. The Morgan fingerprint density at radius 3 is 2.67 bits per heavy atom. The molecule has 0 aliphatic heterocycles. The third-order valence-corrected chi connectivity index (χ3v) is 3.16. The Balaban J connectivity index is 2.31. The molecule has 2 amide bonds. The minimum absolute atomic E-state index is 0.178. The van der Waals surface area contributed by atoms with Crippen molar-refractivity contribution in [3.63, 3.8) is 0 Å². The van der Waals surface area contributed by atoms with Crippen LogP contribution in [0.3, 0.4) is 0 Å². The fourth-order valence-corrected chi connectivity index (χ4v) is 2.02. The molecule has 9 heteroatoms. The fourth-order valence-electron chi connectivity index (χ4n) is 2.02. The molecule has 0 aromatic carbocycles. The molecule has 0 aliphatic carbocycles. The first-order valence-electron chi connectivity index (χ1n) is 7.71. The molecule has 0 radical (unpaired) electrons. The number of H-pyrrole nitrogens is 1. The number of hydrogen-bond acceptors (Lipinski definition) is 5. The first kappa shape index (κ1) is 17.4. The van der Waals surface area contributed by atoms with Crippen molar-refractivity contribution in [1.29, 1.82) is 0 Å². The van der Waals surface area contributed by atoms with Gasteiger partial charge in [0, 0.05) is 24.4 Å². The number of hydrogen-bond donors (Lipinski definition) is 3. The second-order valence-electron chi connectivity index (χ2n) is 5.21. The van der Waals surface area contributed by atoms with Crippen LogP contribution in [0.15, 0.2) is 16.9 Å². The van der Waals surface area contributed by atoms with Gasteiger partial charge in [-0.15, -0.1) is 0 Å². The highest BCUT2D eigenvalue weighted by atomic mass is 16.2. The highest BCUT2D eigenvalue weighted by molar-refractivity contribution is 6.39. The Morgan fingerprint density at radius 2 is 2.00 bits per heavy atom. The van der Waals surface area contributed by atoms with Gasteiger partial charge in [0.1, 0.15) is 5.82 Å². The van der Waals surface area contributed by atoms with E-state index in [1.54, 1.807) is 13.0 Å². The predicted molar refractivity (Wildman–Crippen MR) is 88.0 cm³/mol. The summed E-state index contributed by atoms with van der Waals surface area (Å²) in [7, 11) is 0. The summed E-state index contributed by atoms with van der Waals surface area (Å²) in [6.45, 7) is 5.91. The third-order valence-electron chi connectivity index (χ3n) is 3.16. The summed E-state index contributed by atoms with van der Waals surface area (Å²) in [5.41, 5.74) is 0.881. The average Bonchev–Trinajstić information content (AvgIpc) is 2.92. The SMILES string of the molecule is CCCNC(=O)C(=O)Nc1cc(C)nn1-c1nc(CC)cc(=O)[nH]1. The molecule has 0 aliphatic rings. The number of carbonyl (C=O) groups is 2. The zero-order chi connectivity index (χ0) is 17.7. The molecule has 0 saturated carbocycles. The Hall–Kier alpha value is -2.97. The maximum atomic E-state index is 11.9. The molecule has 0 bridgehead atoms. The summed E-state index contributed by atoms with van der Waals surface area (Å²) in [6.07, 6.45) is 1.31. The van der Waals surface area contributed by atoms with Gasteiger partial charge in [0.05, 0.1) is 5.69 Å². The Labute approximate surface area is 138 Å². The maximum absolute atomic E-state index is 11.9. The summed E-state index contributed by atoms with van der Waals surface area (Å²) in [5, 5.41) is 9.18. The number of carbonyl (C=O) groups excluding carboxylic acids is 2. The maximum Gasteiger partial charge on any atom is 0.314 e. The smallest absolute Gasteiger partial charge is 0.314 e. The lowest BCUT2D eigenvalue weighted by Crippen LogP contribution is -2.36. The van der Waals surface area contributed by atoms with E-state index >= 15 is 0 Å². The first-order valence-corrected chi connectivity index (χ1v) is 7.71. The van der Waals surface area contributed by atoms with E-state index in [0.29, 0.717) is 24.4 Å². The number of anilines is 1. The van der Waals surface area contributed by atoms with Crippen molar-refractivity contribution in [3.05, 3.63) is 33.9 Å². The van der Waals surface area contributed by atoms with Crippen LogP contribution in [0.1, 0.15) is 31.7 Å². The molecular weight excluding hydrogens is 312 g/mol. The van der Waals surface area contributed by atoms with E-state index < -0.39 is 11.8 Å². The molecule has 2 aromatic rings. The molecule has 0 atom stereocenters. The molecule has 9 nitrogen and oxygen atoms in total. The van der Waals surface area contributed by atoms with Gasteiger partial charge in [0.25, 0.3) is 5.56 Å². The zero-order valence-electron chi connectivity index (χ0n) is 13.8. The number of amides is 2. The first-order chi connectivity index (χ1) is 11.4. The highest BCUT2D eigenvalue weighted by Crippen LogP contribution is 2.14. The molecule has 0 fully saturated rings. The zero-order valence-corrected chi connectivity index (χ0v) is 13.8. The monoisotopic (exact) mass is 332 g/mol. The lowest BCUT2D eigenvalue weighted by Gasteiger charge is -2.08. The summed E-state index contributed by atoms with van der Waals surface area (Å²) in [4.78, 5) is 42.2. The standard InChI is InChI=1S/C15H20N6O3/c1-4-6-16-13(23)14(24)18-11-7-9(3)20-21(11)15-17-10(5-2)8-12(22)19-15/h7-8H,4-6H2,1-3H3,(H,16,23)(H,18,24)(H,17,19,22). The summed E-state index contributed by atoms with van der Waals surface area (Å²) in [5.74, 6) is -1.11. The molecule has 2 heterocycles. The van der Waals surface area contributed by atoms with Crippen molar-refractivity contribution in [2.45, 2.75) is 33.6 Å². The van der Waals surface area contributed by atoms with E-state index in [1.165, 1.54) is 10.7 Å². The van der Waals surface area contributed by atoms with Gasteiger partial charge in [-0.05, 0) is 19.8 Å². The van der Waals surface area contributed by atoms with Gasteiger partial charge in [0.15, 0.2) is 0 Å². The van der Waals surface area contributed by atoms with Crippen LogP contribution in [0.4, 0.5) is 5.82 Å². The lowest BCUT2D eigenvalue weighted by atomic mass is 10.3. The van der Waals surface area contributed by atoms with Gasteiger partial charge in [-0.25, -0.2) is 4.98 Å². The second-order valence-corrected chi connectivity index (χ2v) is 5.21. The van der Waals surface area contributed by atoms with Gasteiger partial charge in [-0.3, -0.25) is 19.4 Å². The summed E-state index contributed by atoms with van der Waals surface area (Å²) in [6, 6.07) is 2.99. The number of aryl methyl sites for hydroxylation is 2. The third kappa shape index (κ3) is 4.06. The fraction of sp³-hybridized carbons (Fsp3) is 0.400. The van der Waals surface area contributed by atoms with Crippen LogP contribution < -0.4 is 16.2 Å². The van der Waals surface area contributed by atoms with Crippen LogP contribution in [0.25, 0.3) is 5.95 Å². The van der Waals surface area contributed by atoms with Gasteiger partial charge < -0.3 is 10.6 Å². The van der Waals surface area contributed by atoms with E-state index in [-0.39, 0.29) is 17.3 Å². The van der Waals surface area contributed by atoms with E-state index in [9.17, 15) is 14.4 Å². The highest BCUT2D eigenvalue weighted by Gasteiger charge is 2.17. The largest absolute Gasteiger partial charge is 0.348 e. The Morgan fingerprint density at radius 1 is 1.25 bits per heavy atom. The van der Waals surface area contributed by atoms with Crippen LogP contribution in [-0.2, 0) is 16.0 Å². The quantitative estimate of drug-likeness (QED) is 0.679. The minimum atomic E-state index is -0.807. The molecule has 0 unspecified atom stereocenters. The average molecular weight is 332 g/mol. The van der Waals surface area contributed by atoms with Crippen LogP contribution in [0, 0.1) is 6.92 Å². The van der Waals surface area contributed by atoms with Crippen LogP contribution in [-0.4, -0.2) is 38.1 Å². The van der Waals surface area contributed by atoms with Gasteiger partial charge in [-0.1, -0.05) is 13.8 Å². The topological polar surface area (TPSA) is 122 Å². The van der Waals surface area contributed by atoms with Gasteiger partial charge >= 0.3 is 11.8 Å². The minimum Gasteiger partial charge on any atom is -0.348 e. The molecule has 0 saturated heterocycles.